The fourth-order valence-electron chi connectivity index (χ4n) is 2.71. The Bertz CT molecular complexity index is 509. The van der Waals surface area contributed by atoms with Crippen molar-refractivity contribution in [3.63, 3.8) is 0 Å². The zero-order valence-electron chi connectivity index (χ0n) is 12.3. The Morgan fingerprint density at radius 1 is 1.38 bits per heavy atom. The smallest absolute Gasteiger partial charge is 0.124 e. The van der Waals surface area contributed by atoms with Crippen molar-refractivity contribution in [2.75, 3.05) is 39.9 Å². The molecule has 5 nitrogen and oxygen atoms in total. The molecule has 1 fully saturated rings. The molecule has 0 aromatic carbocycles. The van der Waals surface area contributed by atoms with Crippen molar-refractivity contribution in [1.29, 1.82) is 0 Å². The predicted octanol–water partition coefficient (Wildman–Crippen LogP) is 2.24. The van der Waals surface area contributed by atoms with Crippen LogP contribution in [0.5, 0.6) is 0 Å². The molecule has 0 saturated carbocycles. The third-order valence-electron chi connectivity index (χ3n) is 3.77. The second kappa shape index (κ2) is 7.17. The van der Waals surface area contributed by atoms with Crippen LogP contribution in [0, 0.1) is 0 Å². The van der Waals surface area contributed by atoms with E-state index < -0.39 is 0 Å². The zero-order valence-corrected chi connectivity index (χ0v) is 13.1. The van der Waals surface area contributed by atoms with Crippen LogP contribution in [0.15, 0.2) is 34.4 Å². The van der Waals surface area contributed by atoms with Crippen LogP contribution in [0.3, 0.4) is 0 Å². The van der Waals surface area contributed by atoms with Crippen molar-refractivity contribution in [3.8, 4) is 0 Å². The normalized spacial score (nSPS) is 18.2. The van der Waals surface area contributed by atoms with E-state index in [2.05, 4.69) is 39.5 Å². The van der Waals surface area contributed by atoms with Gasteiger partial charge < -0.3 is 9.26 Å². The highest BCUT2D eigenvalue weighted by Gasteiger charge is 2.24. The van der Waals surface area contributed by atoms with Crippen LogP contribution in [-0.4, -0.2) is 54.9 Å². The third kappa shape index (κ3) is 3.91. The molecule has 0 radical (unpaired) electrons. The molecule has 2 aromatic heterocycles. The first kappa shape index (κ1) is 14.7. The lowest BCUT2D eigenvalue weighted by Gasteiger charge is -2.36. The van der Waals surface area contributed by atoms with E-state index in [0.717, 1.165) is 45.1 Å². The molecule has 3 heterocycles. The van der Waals surface area contributed by atoms with Gasteiger partial charge in [-0.05, 0) is 18.5 Å². The molecular weight excluding hydrogens is 286 g/mol. The number of rotatable bonds is 6. The van der Waals surface area contributed by atoms with Crippen molar-refractivity contribution in [3.05, 3.63) is 40.4 Å². The second-order valence-electron chi connectivity index (χ2n) is 5.37. The van der Waals surface area contributed by atoms with Crippen LogP contribution in [0.2, 0.25) is 0 Å². The largest absolute Gasteiger partial charge is 0.379 e. The molecule has 1 saturated heterocycles. The lowest BCUT2D eigenvalue weighted by molar-refractivity contribution is 0.00953. The number of nitrogens with zero attached hydrogens (tertiary/aromatic N) is 3. The average molecular weight is 307 g/mol. The minimum absolute atomic E-state index is 0.422. The van der Waals surface area contributed by atoms with E-state index in [4.69, 9.17) is 9.26 Å². The summed E-state index contributed by atoms with van der Waals surface area (Å²) in [5.74, 6) is 0. The van der Waals surface area contributed by atoms with Gasteiger partial charge in [-0.2, -0.15) is 0 Å². The molecule has 0 unspecified atom stereocenters. The van der Waals surface area contributed by atoms with E-state index in [1.54, 1.807) is 6.26 Å². The lowest BCUT2D eigenvalue weighted by Crippen LogP contribution is -2.42. The van der Waals surface area contributed by atoms with Crippen molar-refractivity contribution < 1.29 is 9.26 Å². The summed E-state index contributed by atoms with van der Waals surface area (Å²) in [6.07, 6.45) is 1.63. The Kier molecular flexibility index (Phi) is 5.03. The molecular formula is C15H21N3O2S. The second-order valence-corrected chi connectivity index (χ2v) is 6.35. The molecule has 1 aliphatic rings. The topological polar surface area (TPSA) is 41.7 Å². The molecule has 2 aromatic rings. The van der Waals surface area contributed by atoms with E-state index in [0.29, 0.717) is 6.04 Å². The van der Waals surface area contributed by atoms with Gasteiger partial charge in [-0.25, -0.2) is 0 Å². The summed E-state index contributed by atoms with van der Waals surface area (Å²) in [7, 11) is 2.13. The van der Waals surface area contributed by atoms with E-state index in [9.17, 15) is 0 Å². The predicted molar refractivity (Wildman–Crippen MR) is 82.3 cm³/mol. The van der Waals surface area contributed by atoms with E-state index in [1.165, 1.54) is 4.88 Å². The van der Waals surface area contributed by atoms with Crippen LogP contribution in [0.25, 0.3) is 0 Å². The zero-order chi connectivity index (χ0) is 14.5. The molecule has 21 heavy (non-hydrogen) atoms. The first-order valence-electron chi connectivity index (χ1n) is 7.26. The molecule has 6 heteroatoms. The first-order chi connectivity index (χ1) is 10.3. The fraction of sp³-hybridized carbons (Fsp3) is 0.533. The van der Waals surface area contributed by atoms with Crippen LogP contribution in [0.1, 0.15) is 16.6 Å². The molecule has 0 N–H and O–H groups in total. The highest BCUT2D eigenvalue weighted by Crippen LogP contribution is 2.27. The number of likely N-dealkylation sites (N-methyl/N-ethyl adjacent to an activating group) is 1. The van der Waals surface area contributed by atoms with Gasteiger partial charge in [0.1, 0.15) is 6.26 Å². The van der Waals surface area contributed by atoms with Crippen LogP contribution in [-0.2, 0) is 11.3 Å². The fourth-order valence-corrected chi connectivity index (χ4v) is 3.56. The molecule has 0 amide bonds. The van der Waals surface area contributed by atoms with Gasteiger partial charge in [0, 0.05) is 37.1 Å². The van der Waals surface area contributed by atoms with Crippen molar-refractivity contribution >= 4 is 11.3 Å². The van der Waals surface area contributed by atoms with Crippen LogP contribution >= 0.6 is 11.3 Å². The Balaban J connectivity index is 1.66. The van der Waals surface area contributed by atoms with Crippen molar-refractivity contribution in [2.24, 2.45) is 0 Å². The highest BCUT2D eigenvalue weighted by molar-refractivity contribution is 7.10. The number of thiophene rings is 1. The quantitative estimate of drug-likeness (QED) is 0.819. The van der Waals surface area contributed by atoms with Crippen LogP contribution < -0.4 is 0 Å². The highest BCUT2D eigenvalue weighted by atomic mass is 32.1. The monoisotopic (exact) mass is 307 g/mol. The minimum atomic E-state index is 0.422. The van der Waals surface area contributed by atoms with Gasteiger partial charge in [-0.15, -0.1) is 11.3 Å². The number of ether oxygens (including phenoxy) is 1. The van der Waals surface area contributed by atoms with Crippen molar-refractivity contribution in [1.82, 2.24) is 15.0 Å². The Labute approximate surface area is 129 Å². The summed E-state index contributed by atoms with van der Waals surface area (Å²) in [5.41, 5.74) is 0.976. The van der Waals surface area contributed by atoms with Crippen LogP contribution in [0.4, 0.5) is 0 Å². The van der Waals surface area contributed by atoms with E-state index >= 15 is 0 Å². The van der Waals surface area contributed by atoms with E-state index in [1.807, 2.05) is 17.4 Å². The SMILES string of the molecule is CN(Cc1ccon1)C[C@H](c1cccs1)N1CCOCC1. The summed E-state index contributed by atoms with van der Waals surface area (Å²) in [6, 6.07) is 6.70. The maximum atomic E-state index is 5.48. The molecule has 1 aliphatic heterocycles. The van der Waals surface area contributed by atoms with E-state index in [-0.39, 0.29) is 0 Å². The third-order valence-corrected chi connectivity index (χ3v) is 4.74. The molecule has 114 valence electrons. The van der Waals surface area contributed by atoms with Gasteiger partial charge in [-0.1, -0.05) is 11.2 Å². The summed E-state index contributed by atoms with van der Waals surface area (Å²) in [5, 5.41) is 6.14. The molecule has 0 aliphatic carbocycles. The average Bonchev–Trinajstić information content (AvgIpc) is 3.19. The summed E-state index contributed by atoms with van der Waals surface area (Å²) < 4.78 is 10.4. The Hall–Kier alpha value is -1.21. The minimum Gasteiger partial charge on any atom is -0.379 e. The maximum Gasteiger partial charge on any atom is 0.124 e. The number of hydrogen-bond donors (Lipinski definition) is 0. The molecule has 0 bridgehead atoms. The Morgan fingerprint density at radius 3 is 2.90 bits per heavy atom. The van der Waals surface area contributed by atoms with Gasteiger partial charge in [-0.3, -0.25) is 9.80 Å². The molecule has 1 atom stereocenters. The van der Waals surface area contributed by atoms with Crippen molar-refractivity contribution in [2.45, 2.75) is 12.6 Å². The number of hydrogen-bond acceptors (Lipinski definition) is 6. The molecule has 3 rings (SSSR count). The summed E-state index contributed by atoms with van der Waals surface area (Å²) in [6.45, 7) is 5.45. The van der Waals surface area contributed by atoms with Gasteiger partial charge in [0.15, 0.2) is 0 Å². The lowest BCUT2D eigenvalue weighted by atomic mass is 10.1. The number of aromatic nitrogens is 1. The Morgan fingerprint density at radius 2 is 2.24 bits per heavy atom. The summed E-state index contributed by atoms with van der Waals surface area (Å²) >= 11 is 1.83. The van der Waals surface area contributed by atoms with Gasteiger partial charge >= 0.3 is 0 Å². The van der Waals surface area contributed by atoms with Gasteiger partial charge in [0.2, 0.25) is 0 Å². The van der Waals surface area contributed by atoms with Gasteiger partial charge in [0.25, 0.3) is 0 Å². The maximum absolute atomic E-state index is 5.48. The standard InChI is InChI=1S/C15H21N3O2S/c1-17(11-13-4-7-20-16-13)12-14(15-3-2-10-21-15)18-5-8-19-9-6-18/h2-4,7,10,14H,5-6,8-9,11-12H2,1H3/t14-/m1/s1. The van der Waals surface area contributed by atoms with Gasteiger partial charge in [0.05, 0.1) is 24.9 Å². The first-order valence-corrected chi connectivity index (χ1v) is 8.14. The molecule has 0 spiro atoms. The summed E-state index contributed by atoms with van der Waals surface area (Å²) in [4.78, 5) is 6.25. The number of morpholine rings is 1.